The molecule has 0 fully saturated rings. The molecule has 1 aromatic heterocycles. The molecule has 1 heterocycles. The molecule has 72 valence electrons. The van der Waals surface area contributed by atoms with Crippen LogP contribution in [0.15, 0.2) is 6.20 Å². The summed E-state index contributed by atoms with van der Waals surface area (Å²) < 4.78 is 17.4. The van der Waals surface area contributed by atoms with E-state index in [0.29, 0.717) is 6.42 Å². The molecule has 3 N–H and O–H groups in total. The molecule has 0 aliphatic rings. The molecule has 0 radical (unpaired) electrons. The first-order valence-electron chi connectivity index (χ1n) is 3.75. The van der Waals surface area contributed by atoms with Gasteiger partial charge in [-0.3, -0.25) is 0 Å². The van der Waals surface area contributed by atoms with Crippen LogP contribution >= 0.6 is 0 Å². The van der Waals surface area contributed by atoms with Gasteiger partial charge in [-0.15, -0.1) is 0 Å². The van der Waals surface area contributed by atoms with Gasteiger partial charge in [-0.25, -0.2) is 4.98 Å². The molecular weight excluding hydrogens is 177 g/mol. The second-order valence-corrected chi connectivity index (χ2v) is 2.33. The van der Waals surface area contributed by atoms with E-state index in [4.69, 9.17) is 15.6 Å². The van der Waals surface area contributed by atoms with Crippen molar-refractivity contribution in [1.29, 1.82) is 0 Å². The van der Waals surface area contributed by atoms with Crippen LogP contribution in [0.3, 0.4) is 0 Å². The predicted molar refractivity (Wildman–Crippen MR) is 43.6 cm³/mol. The van der Waals surface area contributed by atoms with E-state index in [0.717, 1.165) is 6.20 Å². The molecule has 5 nitrogen and oxygen atoms in total. The van der Waals surface area contributed by atoms with Crippen LogP contribution in [-0.2, 0) is 0 Å². The number of nitrogens with zero attached hydrogens (tertiary/aromatic N) is 2. The molecule has 0 unspecified atom stereocenters. The largest absolute Gasteiger partial charge is 0.476 e. The molecule has 0 aliphatic carbocycles. The van der Waals surface area contributed by atoms with Crippen molar-refractivity contribution in [2.24, 2.45) is 0 Å². The molecule has 0 bridgehead atoms. The summed E-state index contributed by atoms with van der Waals surface area (Å²) >= 11 is 0. The second kappa shape index (κ2) is 4.56. The van der Waals surface area contributed by atoms with Gasteiger partial charge in [0.1, 0.15) is 5.69 Å². The zero-order chi connectivity index (χ0) is 9.68. The third kappa shape index (κ3) is 2.83. The number of ether oxygens (including phenoxy) is 1. The number of aromatic nitrogens is 2. The van der Waals surface area contributed by atoms with Gasteiger partial charge in [0.2, 0.25) is 5.88 Å². The number of nitrogen functional groups attached to an aromatic ring is 1. The summed E-state index contributed by atoms with van der Waals surface area (Å²) in [5.74, 6) is 0.0148. The third-order valence-corrected chi connectivity index (χ3v) is 1.29. The third-order valence-electron chi connectivity index (χ3n) is 1.29. The number of hydrogen-bond acceptors (Lipinski definition) is 5. The molecular formula is C7H10FN3O2. The Labute approximate surface area is 74.4 Å². The molecule has 13 heavy (non-hydrogen) atoms. The van der Waals surface area contributed by atoms with Crippen molar-refractivity contribution >= 4 is 5.69 Å². The first-order valence-corrected chi connectivity index (χ1v) is 3.75. The predicted octanol–water partition coefficient (Wildman–Crippen LogP) is -0.0409. The van der Waals surface area contributed by atoms with Crippen molar-refractivity contribution < 1.29 is 14.2 Å². The lowest BCUT2D eigenvalue weighted by Gasteiger charge is -2.05. The van der Waals surface area contributed by atoms with E-state index < -0.39 is 6.08 Å². The topological polar surface area (TPSA) is 81.3 Å². The summed E-state index contributed by atoms with van der Waals surface area (Å²) in [5, 5.41) is 8.45. The fourth-order valence-corrected chi connectivity index (χ4v) is 0.704. The number of aliphatic hydroxyl groups excluding tert-OH is 1. The van der Waals surface area contributed by atoms with E-state index in [9.17, 15) is 4.39 Å². The van der Waals surface area contributed by atoms with Gasteiger partial charge in [0.05, 0.1) is 12.8 Å². The lowest BCUT2D eigenvalue weighted by Crippen LogP contribution is -2.05. The van der Waals surface area contributed by atoms with Gasteiger partial charge in [-0.2, -0.15) is 9.37 Å². The van der Waals surface area contributed by atoms with Crippen LogP contribution in [0.25, 0.3) is 0 Å². The molecule has 1 rings (SSSR count). The Hall–Kier alpha value is -1.43. The average molecular weight is 187 g/mol. The minimum absolute atomic E-state index is 0.00741. The van der Waals surface area contributed by atoms with Crippen molar-refractivity contribution in [1.82, 2.24) is 9.97 Å². The number of rotatable bonds is 4. The van der Waals surface area contributed by atoms with Gasteiger partial charge in [0, 0.05) is 13.0 Å². The Morgan fingerprint density at radius 2 is 2.38 bits per heavy atom. The SMILES string of the molecule is Nc1cnc(F)nc1OCCCO. The van der Waals surface area contributed by atoms with Crippen molar-refractivity contribution in [2.75, 3.05) is 18.9 Å². The van der Waals surface area contributed by atoms with Gasteiger partial charge in [0.15, 0.2) is 0 Å². The Bertz CT molecular complexity index is 282. The number of aliphatic hydroxyl groups is 1. The molecule has 6 heteroatoms. The van der Waals surface area contributed by atoms with Crippen LogP contribution in [0.5, 0.6) is 5.88 Å². The smallest absolute Gasteiger partial charge is 0.311 e. The van der Waals surface area contributed by atoms with Gasteiger partial charge in [-0.1, -0.05) is 0 Å². The fourth-order valence-electron chi connectivity index (χ4n) is 0.704. The van der Waals surface area contributed by atoms with Crippen molar-refractivity contribution in [3.05, 3.63) is 12.3 Å². The Morgan fingerprint density at radius 1 is 1.62 bits per heavy atom. The monoisotopic (exact) mass is 187 g/mol. The highest BCUT2D eigenvalue weighted by atomic mass is 19.1. The van der Waals surface area contributed by atoms with Gasteiger partial charge < -0.3 is 15.6 Å². The van der Waals surface area contributed by atoms with Gasteiger partial charge >= 0.3 is 6.08 Å². The molecule has 0 saturated heterocycles. The first kappa shape index (κ1) is 9.66. The Kier molecular flexibility index (Phi) is 3.39. The molecule has 0 atom stereocenters. The maximum absolute atomic E-state index is 12.4. The zero-order valence-electron chi connectivity index (χ0n) is 6.90. The van der Waals surface area contributed by atoms with Crippen molar-refractivity contribution in [3.8, 4) is 5.88 Å². The van der Waals surface area contributed by atoms with Gasteiger partial charge in [0.25, 0.3) is 0 Å². The first-order chi connectivity index (χ1) is 6.24. The maximum Gasteiger partial charge on any atom is 0.311 e. The minimum Gasteiger partial charge on any atom is -0.476 e. The molecule has 0 aliphatic heterocycles. The van der Waals surface area contributed by atoms with Crippen LogP contribution in [0.1, 0.15) is 6.42 Å². The lowest BCUT2D eigenvalue weighted by atomic mass is 10.5. The maximum atomic E-state index is 12.4. The summed E-state index contributed by atoms with van der Waals surface area (Å²) in [6.07, 6.45) is 0.704. The van der Waals surface area contributed by atoms with E-state index in [1.807, 2.05) is 0 Å². The summed E-state index contributed by atoms with van der Waals surface area (Å²) in [7, 11) is 0. The minimum atomic E-state index is -0.881. The number of hydrogen-bond donors (Lipinski definition) is 2. The molecule has 0 aromatic carbocycles. The number of anilines is 1. The van der Waals surface area contributed by atoms with Crippen LogP contribution < -0.4 is 10.5 Å². The number of halogens is 1. The Balaban J connectivity index is 2.59. The van der Waals surface area contributed by atoms with Crippen LogP contribution in [0, 0.1) is 6.08 Å². The quantitative estimate of drug-likeness (QED) is 0.510. The van der Waals surface area contributed by atoms with Crippen LogP contribution in [0.2, 0.25) is 0 Å². The van der Waals surface area contributed by atoms with E-state index >= 15 is 0 Å². The van der Waals surface area contributed by atoms with E-state index in [1.54, 1.807) is 0 Å². The number of nitrogens with two attached hydrogens (primary N) is 1. The summed E-state index contributed by atoms with van der Waals surface area (Å²) in [5.41, 5.74) is 5.57. The van der Waals surface area contributed by atoms with Crippen LogP contribution in [-0.4, -0.2) is 28.3 Å². The Morgan fingerprint density at radius 3 is 3.08 bits per heavy atom. The summed E-state index contributed by atoms with van der Waals surface area (Å²) in [6.45, 7) is 0.255. The average Bonchev–Trinajstić information content (AvgIpc) is 2.11. The van der Waals surface area contributed by atoms with E-state index in [1.165, 1.54) is 0 Å². The van der Waals surface area contributed by atoms with Gasteiger partial charge in [-0.05, 0) is 0 Å². The highest BCUT2D eigenvalue weighted by molar-refractivity contribution is 5.44. The molecule has 0 spiro atoms. The van der Waals surface area contributed by atoms with Crippen molar-refractivity contribution in [3.63, 3.8) is 0 Å². The summed E-state index contributed by atoms with van der Waals surface area (Å²) in [4.78, 5) is 6.57. The zero-order valence-corrected chi connectivity index (χ0v) is 6.90. The van der Waals surface area contributed by atoms with E-state index in [2.05, 4.69) is 9.97 Å². The second-order valence-electron chi connectivity index (χ2n) is 2.33. The molecule has 0 saturated carbocycles. The highest BCUT2D eigenvalue weighted by Gasteiger charge is 2.04. The van der Waals surface area contributed by atoms with Crippen LogP contribution in [0.4, 0.5) is 10.1 Å². The highest BCUT2D eigenvalue weighted by Crippen LogP contribution is 2.15. The van der Waals surface area contributed by atoms with E-state index in [-0.39, 0.29) is 24.8 Å². The molecule has 1 aromatic rings. The fraction of sp³-hybridized carbons (Fsp3) is 0.429. The normalized spacial score (nSPS) is 10.0. The standard InChI is InChI=1S/C7H10FN3O2/c8-7-10-4-5(9)6(11-7)13-3-1-2-12/h4,12H,1-3,9H2. The van der Waals surface area contributed by atoms with Crippen molar-refractivity contribution in [2.45, 2.75) is 6.42 Å². The lowest BCUT2D eigenvalue weighted by molar-refractivity contribution is 0.228. The summed E-state index contributed by atoms with van der Waals surface area (Å²) in [6, 6.07) is 0. The molecule has 0 amide bonds.